The van der Waals surface area contributed by atoms with E-state index in [0.717, 1.165) is 39.0 Å². The monoisotopic (exact) mass is 561 g/mol. The zero-order valence-corrected chi connectivity index (χ0v) is 23.9. The van der Waals surface area contributed by atoms with Crippen LogP contribution in [-0.4, -0.2) is 0 Å². The zero-order valence-electron chi connectivity index (χ0n) is 23.9. The van der Waals surface area contributed by atoms with Gasteiger partial charge in [-0.2, -0.15) is 0 Å². The van der Waals surface area contributed by atoms with Gasteiger partial charge in [-0.25, -0.2) is 0 Å². The first-order valence-electron chi connectivity index (χ1n) is 15.0. The molecule has 0 radical (unpaired) electrons. The van der Waals surface area contributed by atoms with E-state index in [-0.39, 0.29) is 0 Å². The molecule has 9 rings (SSSR count). The second-order valence-corrected chi connectivity index (χ2v) is 11.4. The Morgan fingerprint density at radius 1 is 0.364 bits per heavy atom. The number of hydrogen-bond donors (Lipinski definition) is 0. The SMILES string of the molecule is c1ccc2cc3c(cc2c1)oc1ccc(N(c2ccc(-c4cccc5ccccc45)cc2)c2cccc4ccccc24)cc13. The molecule has 0 saturated heterocycles. The van der Waals surface area contributed by atoms with Crippen LogP contribution in [0, 0.1) is 0 Å². The smallest absolute Gasteiger partial charge is 0.136 e. The van der Waals surface area contributed by atoms with Crippen LogP contribution in [0.25, 0.3) is 65.4 Å². The molecule has 0 N–H and O–H groups in total. The molecule has 206 valence electrons. The first-order valence-corrected chi connectivity index (χ1v) is 15.0. The quantitative estimate of drug-likeness (QED) is 0.212. The number of furan rings is 1. The van der Waals surface area contributed by atoms with Gasteiger partial charge >= 0.3 is 0 Å². The topological polar surface area (TPSA) is 16.4 Å². The molecule has 0 bridgehead atoms. The van der Waals surface area contributed by atoms with E-state index >= 15 is 0 Å². The van der Waals surface area contributed by atoms with Crippen LogP contribution >= 0.6 is 0 Å². The third-order valence-corrected chi connectivity index (χ3v) is 8.81. The van der Waals surface area contributed by atoms with E-state index in [4.69, 9.17) is 4.42 Å². The van der Waals surface area contributed by atoms with Gasteiger partial charge in [-0.15, -0.1) is 0 Å². The summed E-state index contributed by atoms with van der Waals surface area (Å²) in [6.07, 6.45) is 0. The number of nitrogens with zero attached hydrogens (tertiary/aromatic N) is 1. The molecule has 44 heavy (non-hydrogen) atoms. The minimum Gasteiger partial charge on any atom is -0.456 e. The molecule has 2 heteroatoms. The van der Waals surface area contributed by atoms with Gasteiger partial charge in [-0.1, -0.05) is 115 Å². The highest BCUT2D eigenvalue weighted by molar-refractivity contribution is 6.11. The maximum Gasteiger partial charge on any atom is 0.136 e. The molecule has 1 heterocycles. The van der Waals surface area contributed by atoms with Crippen LogP contribution in [0.15, 0.2) is 168 Å². The summed E-state index contributed by atoms with van der Waals surface area (Å²) in [4.78, 5) is 2.37. The maximum absolute atomic E-state index is 6.36. The van der Waals surface area contributed by atoms with Crippen LogP contribution in [0.5, 0.6) is 0 Å². The molecule has 0 fully saturated rings. The van der Waals surface area contributed by atoms with Crippen molar-refractivity contribution in [3.05, 3.63) is 164 Å². The minimum absolute atomic E-state index is 0.892. The van der Waals surface area contributed by atoms with Crippen molar-refractivity contribution in [3.63, 3.8) is 0 Å². The summed E-state index contributed by atoms with van der Waals surface area (Å²) in [6, 6.07) is 58.6. The van der Waals surface area contributed by atoms with E-state index in [1.54, 1.807) is 0 Å². The van der Waals surface area contributed by atoms with Crippen molar-refractivity contribution in [1.82, 2.24) is 0 Å². The van der Waals surface area contributed by atoms with Crippen molar-refractivity contribution in [3.8, 4) is 11.1 Å². The maximum atomic E-state index is 6.36. The van der Waals surface area contributed by atoms with E-state index in [1.807, 2.05) is 0 Å². The molecule has 0 atom stereocenters. The Balaban J connectivity index is 1.24. The van der Waals surface area contributed by atoms with Gasteiger partial charge < -0.3 is 9.32 Å². The number of fused-ring (bicyclic) bond motifs is 6. The molecule has 0 aliphatic carbocycles. The summed E-state index contributed by atoms with van der Waals surface area (Å²) in [5, 5.41) is 9.56. The Morgan fingerprint density at radius 2 is 0.955 bits per heavy atom. The van der Waals surface area contributed by atoms with Crippen LogP contribution in [-0.2, 0) is 0 Å². The molecule has 1 aromatic heterocycles. The van der Waals surface area contributed by atoms with Crippen molar-refractivity contribution >= 4 is 71.3 Å². The molecule has 0 unspecified atom stereocenters. The van der Waals surface area contributed by atoms with Gasteiger partial charge in [0, 0.05) is 27.5 Å². The van der Waals surface area contributed by atoms with Gasteiger partial charge in [0.05, 0.1) is 5.69 Å². The normalized spacial score (nSPS) is 11.6. The van der Waals surface area contributed by atoms with Crippen LogP contribution in [0.1, 0.15) is 0 Å². The molecule has 2 nitrogen and oxygen atoms in total. The van der Waals surface area contributed by atoms with Gasteiger partial charge in [0.1, 0.15) is 11.2 Å². The Hall–Kier alpha value is -5.86. The average Bonchev–Trinajstić information content (AvgIpc) is 3.44. The lowest BCUT2D eigenvalue weighted by Gasteiger charge is -2.27. The Morgan fingerprint density at radius 3 is 1.75 bits per heavy atom. The van der Waals surface area contributed by atoms with Crippen molar-refractivity contribution in [1.29, 1.82) is 0 Å². The third kappa shape index (κ3) is 3.96. The van der Waals surface area contributed by atoms with E-state index in [1.165, 1.54) is 43.4 Å². The summed E-state index contributed by atoms with van der Waals surface area (Å²) < 4.78 is 6.36. The molecule has 0 aliphatic heterocycles. The van der Waals surface area contributed by atoms with E-state index in [2.05, 4.69) is 169 Å². The molecule has 9 aromatic rings. The predicted molar refractivity (Wildman–Crippen MR) is 186 cm³/mol. The number of benzene rings is 8. The Bertz CT molecular complexity index is 2490. The van der Waals surface area contributed by atoms with E-state index in [9.17, 15) is 0 Å². The first-order chi connectivity index (χ1) is 21.8. The lowest BCUT2D eigenvalue weighted by Crippen LogP contribution is -2.10. The van der Waals surface area contributed by atoms with Gasteiger partial charge in [0.2, 0.25) is 0 Å². The molecule has 0 amide bonds. The highest BCUT2D eigenvalue weighted by atomic mass is 16.3. The van der Waals surface area contributed by atoms with Crippen molar-refractivity contribution in [2.75, 3.05) is 4.90 Å². The molecular formula is C42H27NO. The number of anilines is 3. The van der Waals surface area contributed by atoms with Gasteiger partial charge in [-0.05, 0) is 86.6 Å². The second-order valence-electron chi connectivity index (χ2n) is 11.4. The fourth-order valence-electron chi connectivity index (χ4n) is 6.69. The Kier molecular flexibility index (Phi) is 5.54. The fraction of sp³-hybridized carbons (Fsp3) is 0. The van der Waals surface area contributed by atoms with E-state index in [0.29, 0.717) is 0 Å². The molecule has 0 saturated carbocycles. The largest absolute Gasteiger partial charge is 0.456 e. The van der Waals surface area contributed by atoms with Crippen LogP contribution < -0.4 is 4.90 Å². The molecule has 0 spiro atoms. The van der Waals surface area contributed by atoms with Crippen LogP contribution in [0.2, 0.25) is 0 Å². The van der Waals surface area contributed by atoms with E-state index < -0.39 is 0 Å². The highest BCUT2D eigenvalue weighted by Crippen LogP contribution is 2.42. The van der Waals surface area contributed by atoms with Crippen LogP contribution in [0.3, 0.4) is 0 Å². The highest BCUT2D eigenvalue weighted by Gasteiger charge is 2.18. The minimum atomic E-state index is 0.892. The molecule has 0 aliphatic rings. The third-order valence-electron chi connectivity index (χ3n) is 8.81. The molecular weight excluding hydrogens is 534 g/mol. The fourth-order valence-corrected chi connectivity index (χ4v) is 6.69. The Labute approximate surface area is 255 Å². The van der Waals surface area contributed by atoms with Crippen molar-refractivity contribution in [2.45, 2.75) is 0 Å². The van der Waals surface area contributed by atoms with Crippen LogP contribution in [0.4, 0.5) is 17.1 Å². The first kappa shape index (κ1) is 24.7. The van der Waals surface area contributed by atoms with Crippen molar-refractivity contribution in [2.24, 2.45) is 0 Å². The zero-order chi connectivity index (χ0) is 29.0. The predicted octanol–water partition coefficient (Wildman–Crippen LogP) is 12.2. The lowest BCUT2D eigenvalue weighted by molar-refractivity contribution is 0.669. The summed E-state index contributed by atoms with van der Waals surface area (Å²) in [5.41, 5.74) is 7.57. The van der Waals surface area contributed by atoms with Gasteiger partial charge in [-0.3, -0.25) is 0 Å². The summed E-state index contributed by atoms with van der Waals surface area (Å²) in [6.45, 7) is 0. The van der Waals surface area contributed by atoms with Gasteiger partial charge in [0.25, 0.3) is 0 Å². The van der Waals surface area contributed by atoms with Gasteiger partial charge in [0.15, 0.2) is 0 Å². The summed E-state index contributed by atoms with van der Waals surface area (Å²) >= 11 is 0. The summed E-state index contributed by atoms with van der Waals surface area (Å²) in [7, 11) is 0. The summed E-state index contributed by atoms with van der Waals surface area (Å²) in [5.74, 6) is 0. The molecule has 8 aromatic carbocycles. The number of hydrogen-bond acceptors (Lipinski definition) is 2. The van der Waals surface area contributed by atoms with Crippen molar-refractivity contribution < 1.29 is 4.42 Å². The standard InChI is InChI=1S/C42H27NO/c1-2-12-32-26-42-38(25-31(32)11-1)39-27-34(23-24-41(39)44-42)43(40-18-8-14-29-10-4-6-16-37(29)40)33-21-19-30(20-22-33)36-17-7-13-28-9-3-5-15-35(28)36/h1-27H. The second kappa shape index (κ2) is 9.86. The number of rotatable bonds is 4. The lowest BCUT2D eigenvalue weighted by atomic mass is 9.98. The average molecular weight is 562 g/mol.